The van der Waals surface area contributed by atoms with Crippen molar-refractivity contribution in [1.29, 1.82) is 0 Å². The van der Waals surface area contributed by atoms with Crippen LogP contribution < -0.4 is 0 Å². The molecule has 5 nitrogen and oxygen atoms in total. The Morgan fingerprint density at radius 3 is 2.57 bits per heavy atom. The first kappa shape index (κ1) is 18.1. The Labute approximate surface area is 131 Å². The first-order valence-corrected chi connectivity index (χ1v) is 9.11. The van der Waals surface area contributed by atoms with Crippen molar-refractivity contribution in [1.82, 2.24) is 8.61 Å². The minimum Gasteiger partial charge on any atom is -0.395 e. The van der Waals surface area contributed by atoms with Gasteiger partial charge in [-0.25, -0.2) is 0 Å². The Morgan fingerprint density at radius 2 is 2.00 bits per heavy atom. The van der Waals surface area contributed by atoms with Crippen LogP contribution in [-0.2, 0) is 16.8 Å². The van der Waals surface area contributed by atoms with Gasteiger partial charge in [0.1, 0.15) is 0 Å². The molecular formula is C14H22N2O3S2. The molecule has 0 fully saturated rings. The van der Waals surface area contributed by atoms with Gasteiger partial charge in [0.25, 0.3) is 10.2 Å². The highest BCUT2D eigenvalue weighted by Crippen LogP contribution is 2.18. The molecule has 1 aromatic heterocycles. The molecule has 0 saturated carbocycles. The summed E-state index contributed by atoms with van der Waals surface area (Å²) >= 11 is 1.49. The van der Waals surface area contributed by atoms with Crippen LogP contribution in [0.15, 0.2) is 11.4 Å². The number of hydrogen-bond acceptors (Lipinski definition) is 4. The van der Waals surface area contributed by atoms with E-state index in [4.69, 9.17) is 5.11 Å². The fourth-order valence-corrected chi connectivity index (χ4v) is 4.10. The molecule has 7 heteroatoms. The number of thiophene rings is 1. The fourth-order valence-electron chi connectivity index (χ4n) is 1.80. The maximum absolute atomic E-state index is 12.3. The van der Waals surface area contributed by atoms with Crippen LogP contribution in [0, 0.1) is 11.8 Å². The topological polar surface area (TPSA) is 60.9 Å². The van der Waals surface area contributed by atoms with Gasteiger partial charge < -0.3 is 5.11 Å². The van der Waals surface area contributed by atoms with Crippen molar-refractivity contribution in [2.45, 2.75) is 26.8 Å². The van der Waals surface area contributed by atoms with E-state index >= 15 is 0 Å². The largest absolute Gasteiger partial charge is 0.395 e. The number of hydrogen-bond donors (Lipinski definition) is 1. The van der Waals surface area contributed by atoms with Crippen LogP contribution >= 0.6 is 11.3 Å². The SMILES string of the molecule is CCN(CC)S(=O)(=O)N(C)Cc1cc(C#CCCO)cs1. The van der Waals surface area contributed by atoms with Crippen molar-refractivity contribution in [2.75, 3.05) is 26.7 Å². The number of nitrogens with zero attached hydrogens (tertiary/aromatic N) is 2. The summed E-state index contributed by atoms with van der Waals surface area (Å²) in [6.45, 7) is 4.97. The molecule has 0 amide bonds. The summed E-state index contributed by atoms with van der Waals surface area (Å²) in [5, 5.41) is 10.6. The van der Waals surface area contributed by atoms with Gasteiger partial charge in [-0.15, -0.1) is 11.3 Å². The van der Waals surface area contributed by atoms with Gasteiger partial charge in [-0.3, -0.25) is 0 Å². The van der Waals surface area contributed by atoms with Crippen LogP contribution in [0.4, 0.5) is 0 Å². The van der Waals surface area contributed by atoms with Crippen LogP contribution in [0.5, 0.6) is 0 Å². The van der Waals surface area contributed by atoms with Gasteiger partial charge in [0, 0.05) is 48.9 Å². The van der Waals surface area contributed by atoms with E-state index in [0.29, 0.717) is 26.1 Å². The van der Waals surface area contributed by atoms with E-state index in [2.05, 4.69) is 11.8 Å². The van der Waals surface area contributed by atoms with E-state index in [1.807, 2.05) is 25.3 Å². The van der Waals surface area contributed by atoms with E-state index in [9.17, 15) is 8.42 Å². The molecule has 118 valence electrons. The summed E-state index contributed by atoms with van der Waals surface area (Å²) in [5.41, 5.74) is 0.858. The van der Waals surface area contributed by atoms with Crippen LogP contribution in [-0.4, -0.2) is 48.9 Å². The van der Waals surface area contributed by atoms with Crippen LogP contribution in [0.25, 0.3) is 0 Å². The molecular weight excluding hydrogens is 308 g/mol. The van der Waals surface area contributed by atoms with Gasteiger partial charge in [-0.05, 0) is 6.07 Å². The summed E-state index contributed by atoms with van der Waals surface area (Å²) < 4.78 is 27.4. The van der Waals surface area contributed by atoms with Gasteiger partial charge in [-0.2, -0.15) is 17.0 Å². The Kier molecular flexibility index (Phi) is 7.35. The molecule has 1 heterocycles. The van der Waals surface area contributed by atoms with Gasteiger partial charge in [-0.1, -0.05) is 25.7 Å². The highest BCUT2D eigenvalue weighted by Gasteiger charge is 2.24. The summed E-state index contributed by atoms with van der Waals surface area (Å²) in [6.07, 6.45) is 0.446. The molecule has 0 spiro atoms. The fraction of sp³-hybridized carbons (Fsp3) is 0.571. The number of aliphatic hydroxyl groups is 1. The number of aliphatic hydroxyl groups excluding tert-OH is 1. The Bertz CT molecular complexity index is 595. The average molecular weight is 330 g/mol. The molecule has 0 radical (unpaired) electrons. The molecule has 0 aliphatic carbocycles. The maximum atomic E-state index is 12.3. The third kappa shape index (κ3) is 5.09. The lowest BCUT2D eigenvalue weighted by Gasteiger charge is -2.25. The maximum Gasteiger partial charge on any atom is 0.282 e. The molecule has 0 aliphatic rings. The lowest BCUT2D eigenvalue weighted by Crippen LogP contribution is -2.41. The molecule has 1 aromatic rings. The summed E-state index contributed by atoms with van der Waals surface area (Å²) in [6, 6.07) is 1.89. The molecule has 21 heavy (non-hydrogen) atoms. The molecule has 0 atom stereocenters. The van der Waals surface area contributed by atoms with Crippen molar-refractivity contribution < 1.29 is 13.5 Å². The average Bonchev–Trinajstić information content (AvgIpc) is 2.87. The Balaban J connectivity index is 2.76. The monoisotopic (exact) mass is 330 g/mol. The normalized spacial score (nSPS) is 11.7. The third-order valence-electron chi connectivity index (χ3n) is 2.93. The Morgan fingerprint density at radius 1 is 1.33 bits per heavy atom. The standard InChI is InChI=1S/C14H22N2O3S2/c1-4-16(5-2)21(18,19)15(3)11-14-10-13(12-20-14)8-6-7-9-17/h10,12,17H,4-5,7,9,11H2,1-3H3. The first-order chi connectivity index (χ1) is 9.95. The minimum absolute atomic E-state index is 0.0504. The van der Waals surface area contributed by atoms with Crippen LogP contribution in [0.3, 0.4) is 0 Å². The predicted octanol–water partition coefficient (Wildman–Crippen LogP) is 1.50. The second kappa shape index (κ2) is 8.51. The third-order valence-corrected chi connectivity index (χ3v) is 5.93. The van der Waals surface area contributed by atoms with E-state index in [0.717, 1.165) is 10.4 Å². The molecule has 0 bridgehead atoms. The van der Waals surface area contributed by atoms with E-state index in [-0.39, 0.29) is 6.61 Å². The zero-order valence-corrected chi connectivity index (χ0v) is 14.3. The molecule has 0 unspecified atom stereocenters. The van der Waals surface area contributed by atoms with Crippen LogP contribution in [0.1, 0.15) is 30.7 Å². The summed E-state index contributed by atoms with van der Waals surface area (Å²) in [5.74, 6) is 5.80. The van der Waals surface area contributed by atoms with E-state index in [1.165, 1.54) is 19.9 Å². The molecule has 0 saturated heterocycles. The predicted molar refractivity (Wildman–Crippen MR) is 86.2 cm³/mol. The molecule has 1 N–H and O–H groups in total. The zero-order chi connectivity index (χ0) is 15.9. The van der Waals surface area contributed by atoms with Crippen molar-refractivity contribution in [2.24, 2.45) is 0 Å². The Hall–Kier alpha value is -0.910. The van der Waals surface area contributed by atoms with E-state index in [1.54, 1.807) is 7.05 Å². The summed E-state index contributed by atoms with van der Waals surface area (Å²) in [7, 11) is -1.82. The second-order valence-corrected chi connectivity index (χ2v) is 7.46. The highest BCUT2D eigenvalue weighted by molar-refractivity contribution is 7.86. The highest BCUT2D eigenvalue weighted by atomic mass is 32.2. The smallest absolute Gasteiger partial charge is 0.282 e. The van der Waals surface area contributed by atoms with Crippen molar-refractivity contribution >= 4 is 21.5 Å². The minimum atomic E-state index is -3.41. The lowest BCUT2D eigenvalue weighted by atomic mass is 10.3. The van der Waals surface area contributed by atoms with E-state index < -0.39 is 10.2 Å². The summed E-state index contributed by atoms with van der Waals surface area (Å²) in [4.78, 5) is 0.946. The quantitative estimate of drug-likeness (QED) is 0.771. The van der Waals surface area contributed by atoms with Gasteiger partial charge in [0.2, 0.25) is 0 Å². The zero-order valence-electron chi connectivity index (χ0n) is 12.7. The van der Waals surface area contributed by atoms with Gasteiger partial charge >= 0.3 is 0 Å². The van der Waals surface area contributed by atoms with Crippen molar-refractivity contribution in [3.63, 3.8) is 0 Å². The second-order valence-electron chi connectivity index (χ2n) is 4.43. The number of rotatable bonds is 7. The van der Waals surface area contributed by atoms with Gasteiger partial charge in [0.15, 0.2) is 0 Å². The molecule has 0 aliphatic heterocycles. The lowest BCUT2D eigenvalue weighted by molar-refractivity contribution is 0.305. The van der Waals surface area contributed by atoms with Crippen molar-refractivity contribution in [3.05, 3.63) is 21.9 Å². The molecule has 1 rings (SSSR count). The molecule has 0 aromatic carbocycles. The first-order valence-electron chi connectivity index (χ1n) is 6.84. The van der Waals surface area contributed by atoms with Crippen LogP contribution in [0.2, 0.25) is 0 Å². The van der Waals surface area contributed by atoms with Crippen molar-refractivity contribution in [3.8, 4) is 11.8 Å². The van der Waals surface area contributed by atoms with Gasteiger partial charge in [0.05, 0.1) is 6.61 Å².